The van der Waals surface area contributed by atoms with Crippen LogP contribution in [0.3, 0.4) is 0 Å². The molecule has 4 rings (SSSR count). The number of amides is 1. The second-order valence-electron chi connectivity index (χ2n) is 7.87. The zero-order valence-electron chi connectivity index (χ0n) is 15.8. The molecule has 1 aliphatic carbocycles. The van der Waals surface area contributed by atoms with E-state index in [9.17, 15) is 4.79 Å². The number of hydrogen-bond acceptors (Lipinski definition) is 3. The van der Waals surface area contributed by atoms with Crippen LogP contribution in [0.1, 0.15) is 43.2 Å². The first-order chi connectivity index (χ1) is 12.7. The van der Waals surface area contributed by atoms with Crippen LogP contribution in [-0.4, -0.2) is 48.8 Å². The third-order valence-corrected chi connectivity index (χ3v) is 6.08. The molecule has 1 aromatic carbocycles. The summed E-state index contributed by atoms with van der Waals surface area (Å²) in [6, 6.07) is 7.17. The molecule has 1 aromatic heterocycles. The van der Waals surface area contributed by atoms with Gasteiger partial charge in [-0.25, -0.2) is 4.79 Å². The zero-order valence-corrected chi connectivity index (χ0v) is 15.8. The number of likely N-dealkylation sites (tertiary alicyclic amines) is 1. The first-order valence-electron chi connectivity index (χ1n) is 9.87. The summed E-state index contributed by atoms with van der Waals surface area (Å²) >= 11 is 0. The number of benzene rings is 1. The van der Waals surface area contributed by atoms with E-state index in [1.54, 1.807) is 0 Å². The first-order valence-corrected chi connectivity index (χ1v) is 9.87. The van der Waals surface area contributed by atoms with Crippen molar-refractivity contribution in [2.45, 2.75) is 44.6 Å². The molecule has 1 aliphatic heterocycles. The molecule has 2 aliphatic rings. The number of carbonyl (C=O) groups is 1. The Hall–Kier alpha value is -2.01. The van der Waals surface area contributed by atoms with Crippen molar-refractivity contribution >= 4 is 17.0 Å². The molecule has 2 heterocycles. The second-order valence-corrected chi connectivity index (χ2v) is 7.87. The van der Waals surface area contributed by atoms with Crippen molar-refractivity contribution in [3.63, 3.8) is 0 Å². The predicted octanol–water partition coefficient (Wildman–Crippen LogP) is 3.65. The number of nitrogens with zero attached hydrogens (tertiary/aromatic N) is 1. The quantitative estimate of drug-likeness (QED) is 0.805. The van der Waals surface area contributed by atoms with Gasteiger partial charge in [-0.1, -0.05) is 25.5 Å². The molecule has 1 unspecified atom stereocenters. The molecule has 1 amide bonds. The number of aromatic amines is 1. The number of piperidine rings is 1. The number of nitrogens with one attached hydrogen (secondary N) is 2. The van der Waals surface area contributed by atoms with Gasteiger partial charge in [0.15, 0.2) is 0 Å². The van der Waals surface area contributed by atoms with Crippen molar-refractivity contribution in [3.8, 4) is 0 Å². The number of hydrogen-bond donors (Lipinski definition) is 2. The van der Waals surface area contributed by atoms with Crippen LogP contribution in [0.2, 0.25) is 0 Å². The molecular formula is C21H29N3O2. The summed E-state index contributed by atoms with van der Waals surface area (Å²) in [7, 11) is 2.22. The number of ether oxygens (including phenoxy) is 1. The van der Waals surface area contributed by atoms with Gasteiger partial charge in [-0.3, -0.25) is 0 Å². The van der Waals surface area contributed by atoms with E-state index in [0.717, 1.165) is 32.2 Å². The molecular weight excluding hydrogens is 326 g/mol. The molecule has 2 N–H and O–H groups in total. The van der Waals surface area contributed by atoms with Crippen molar-refractivity contribution in [1.82, 2.24) is 15.2 Å². The van der Waals surface area contributed by atoms with E-state index < -0.39 is 0 Å². The third-order valence-electron chi connectivity index (χ3n) is 6.08. The Bertz CT molecular complexity index is 785. The Morgan fingerprint density at radius 1 is 1.42 bits per heavy atom. The molecule has 26 heavy (non-hydrogen) atoms. The Labute approximate surface area is 155 Å². The minimum atomic E-state index is -0.276. The number of fused-ring (bicyclic) bond motifs is 2. The average Bonchev–Trinajstić information content (AvgIpc) is 3.06. The number of H-pyrrole nitrogens is 1. The van der Waals surface area contributed by atoms with E-state index in [0.29, 0.717) is 31.0 Å². The van der Waals surface area contributed by atoms with Gasteiger partial charge in [0.1, 0.15) is 0 Å². The molecule has 5 heteroatoms. The highest BCUT2D eigenvalue weighted by Crippen LogP contribution is 2.44. The maximum atomic E-state index is 11.9. The molecule has 3 atom stereocenters. The molecule has 5 nitrogen and oxygen atoms in total. The van der Waals surface area contributed by atoms with Gasteiger partial charge in [-0.2, -0.15) is 0 Å². The van der Waals surface area contributed by atoms with E-state index in [2.05, 4.69) is 53.6 Å². The van der Waals surface area contributed by atoms with Crippen molar-refractivity contribution in [1.29, 1.82) is 0 Å². The second kappa shape index (κ2) is 7.31. The summed E-state index contributed by atoms with van der Waals surface area (Å²) in [5.41, 5.74) is 4.16. The lowest BCUT2D eigenvalue weighted by Gasteiger charge is -2.45. The Morgan fingerprint density at radius 2 is 2.31 bits per heavy atom. The van der Waals surface area contributed by atoms with Crippen LogP contribution in [0.25, 0.3) is 10.9 Å². The van der Waals surface area contributed by atoms with Gasteiger partial charge < -0.3 is 19.9 Å². The van der Waals surface area contributed by atoms with Crippen LogP contribution in [0.4, 0.5) is 4.79 Å². The number of alkyl carbamates (subject to hydrolysis) is 1. The lowest BCUT2D eigenvalue weighted by Crippen LogP contribution is -2.50. The SMILES string of the molecule is CCCCOC(=O)NC[C@@H]1CC2c3cccc4[nH]cc(c34)C[C@H]2N(C)C1. The summed E-state index contributed by atoms with van der Waals surface area (Å²) < 4.78 is 5.22. The van der Waals surface area contributed by atoms with Crippen molar-refractivity contribution < 1.29 is 9.53 Å². The fourth-order valence-electron chi connectivity index (χ4n) is 4.79. The van der Waals surface area contributed by atoms with Crippen LogP contribution in [0.15, 0.2) is 24.4 Å². The number of aromatic nitrogens is 1. The number of likely N-dealkylation sites (N-methyl/N-ethyl adjacent to an activating group) is 1. The van der Waals surface area contributed by atoms with Gasteiger partial charge in [0, 0.05) is 42.1 Å². The number of carbonyl (C=O) groups excluding carboxylic acids is 1. The monoisotopic (exact) mass is 355 g/mol. The molecule has 0 saturated carbocycles. The minimum absolute atomic E-state index is 0.276. The summed E-state index contributed by atoms with van der Waals surface area (Å²) in [4.78, 5) is 17.8. The van der Waals surface area contributed by atoms with Gasteiger partial charge in [0.05, 0.1) is 6.61 Å². The third kappa shape index (κ3) is 3.20. The Kier molecular flexibility index (Phi) is 4.90. The van der Waals surface area contributed by atoms with Gasteiger partial charge in [-0.05, 0) is 49.4 Å². The molecule has 2 aromatic rings. The highest BCUT2D eigenvalue weighted by atomic mass is 16.5. The summed E-state index contributed by atoms with van der Waals surface area (Å²) in [6.45, 7) is 4.31. The minimum Gasteiger partial charge on any atom is -0.450 e. The normalized spacial score (nSPS) is 25.1. The Morgan fingerprint density at radius 3 is 3.15 bits per heavy atom. The number of rotatable bonds is 5. The van der Waals surface area contributed by atoms with Crippen molar-refractivity contribution in [2.75, 3.05) is 26.7 Å². The van der Waals surface area contributed by atoms with Gasteiger partial charge in [-0.15, -0.1) is 0 Å². The van der Waals surface area contributed by atoms with Crippen LogP contribution in [0, 0.1) is 5.92 Å². The average molecular weight is 355 g/mol. The molecule has 140 valence electrons. The van der Waals surface area contributed by atoms with Crippen LogP contribution in [-0.2, 0) is 11.2 Å². The fourth-order valence-corrected chi connectivity index (χ4v) is 4.79. The molecule has 1 fully saturated rings. The Balaban J connectivity index is 1.45. The van der Waals surface area contributed by atoms with Gasteiger partial charge in [0.25, 0.3) is 0 Å². The largest absolute Gasteiger partial charge is 0.450 e. The van der Waals surface area contributed by atoms with Crippen molar-refractivity contribution in [3.05, 3.63) is 35.5 Å². The standard InChI is InChI=1S/C21H29N3O2/c1-3-4-8-26-21(25)23-11-14-9-17-16-6-5-7-18-20(16)15(12-22-18)10-19(17)24(2)13-14/h5-7,12,14,17,19,22H,3-4,8-11,13H2,1-2H3,(H,23,25)/t14-,17?,19+/m0/s1. The maximum Gasteiger partial charge on any atom is 0.407 e. The van der Waals surface area contributed by atoms with E-state index in [4.69, 9.17) is 4.74 Å². The molecule has 1 saturated heterocycles. The van der Waals surface area contributed by atoms with Gasteiger partial charge >= 0.3 is 6.09 Å². The van der Waals surface area contributed by atoms with E-state index in [1.165, 1.54) is 22.0 Å². The highest BCUT2D eigenvalue weighted by Gasteiger charge is 2.39. The zero-order chi connectivity index (χ0) is 18.1. The summed E-state index contributed by atoms with van der Waals surface area (Å²) in [5.74, 6) is 0.986. The first kappa shape index (κ1) is 17.4. The van der Waals surface area contributed by atoms with E-state index in [1.807, 2.05) is 0 Å². The smallest absolute Gasteiger partial charge is 0.407 e. The molecule has 0 spiro atoms. The summed E-state index contributed by atoms with van der Waals surface area (Å²) in [6.07, 6.45) is 6.09. The number of unbranched alkanes of at least 4 members (excludes halogenated alkanes) is 1. The topological polar surface area (TPSA) is 57.4 Å². The summed E-state index contributed by atoms with van der Waals surface area (Å²) in [5, 5.41) is 4.40. The fraction of sp³-hybridized carbons (Fsp3) is 0.571. The molecule has 0 radical (unpaired) electrons. The van der Waals surface area contributed by atoms with Crippen LogP contribution in [0.5, 0.6) is 0 Å². The van der Waals surface area contributed by atoms with E-state index in [-0.39, 0.29) is 6.09 Å². The highest BCUT2D eigenvalue weighted by molar-refractivity contribution is 5.88. The van der Waals surface area contributed by atoms with Crippen LogP contribution < -0.4 is 5.32 Å². The predicted molar refractivity (Wildman–Crippen MR) is 104 cm³/mol. The molecule has 0 bridgehead atoms. The van der Waals surface area contributed by atoms with Crippen LogP contribution >= 0.6 is 0 Å². The van der Waals surface area contributed by atoms with Crippen molar-refractivity contribution in [2.24, 2.45) is 5.92 Å². The van der Waals surface area contributed by atoms with E-state index >= 15 is 0 Å². The van der Waals surface area contributed by atoms with Gasteiger partial charge in [0.2, 0.25) is 0 Å². The maximum absolute atomic E-state index is 11.9. The lowest BCUT2D eigenvalue weighted by atomic mass is 9.72. The lowest BCUT2D eigenvalue weighted by molar-refractivity contribution is 0.105.